The first-order valence-corrected chi connectivity index (χ1v) is 6.16. The van der Waals surface area contributed by atoms with E-state index in [1.54, 1.807) is 7.11 Å². The molecule has 0 saturated heterocycles. The molecule has 1 rings (SSSR count). The lowest BCUT2D eigenvalue weighted by Crippen LogP contribution is -2.30. The van der Waals surface area contributed by atoms with Gasteiger partial charge in [-0.25, -0.2) is 0 Å². The standard InChI is InChI=1S/C14H23NO2/c1-11(15-9-8-12(2)16)10-13-4-6-14(17-3)7-5-13/h4-7,11-12,15-16H,8-10H2,1-3H3. The Bertz CT molecular complexity index is 309. The lowest BCUT2D eigenvalue weighted by atomic mass is 10.1. The average Bonchev–Trinajstić information content (AvgIpc) is 2.29. The van der Waals surface area contributed by atoms with Crippen molar-refractivity contribution in [3.8, 4) is 5.75 Å². The molecule has 0 saturated carbocycles. The number of methoxy groups -OCH3 is 1. The van der Waals surface area contributed by atoms with Gasteiger partial charge in [-0.2, -0.15) is 0 Å². The SMILES string of the molecule is COc1ccc(CC(C)NCCC(C)O)cc1. The Kier molecular flexibility index (Phi) is 6.01. The molecule has 3 heteroatoms. The number of benzene rings is 1. The first-order valence-electron chi connectivity index (χ1n) is 6.16. The summed E-state index contributed by atoms with van der Waals surface area (Å²) in [5, 5.41) is 12.6. The first kappa shape index (κ1) is 14.0. The van der Waals surface area contributed by atoms with Crippen LogP contribution in [0.3, 0.4) is 0 Å². The van der Waals surface area contributed by atoms with Gasteiger partial charge in [0.15, 0.2) is 0 Å². The summed E-state index contributed by atoms with van der Waals surface area (Å²) in [5.74, 6) is 0.892. The van der Waals surface area contributed by atoms with Crippen molar-refractivity contribution in [2.24, 2.45) is 0 Å². The van der Waals surface area contributed by atoms with E-state index in [-0.39, 0.29) is 6.10 Å². The zero-order valence-electron chi connectivity index (χ0n) is 10.9. The van der Waals surface area contributed by atoms with Gasteiger partial charge in [0.2, 0.25) is 0 Å². The molecule has 1 aromatic rings. The van der Waals surface area contributed by atoms with E-state index in [0.29, 0.717) is 6.04 Å². The van der Waals surface area contributed by atoms with Crippen molar-refractivity contribution >= 4 is 0 Å². The Labute approximate surface area is 104 Å². The quantitative estimate of drug-likeness (QED) is 0.762. The van der Waals surface area contributed by atoms with Crippen molar-refractivity contribution in [3.05, 3.63) is 29.8 Å². The van der Waals surface area contributed by atoms with Crippen molar-refractivity contribution < 1.29 is 9.84 Å². The highest BCUT2D eigenvalue weighted by Gasteiger charge is 2.04. The van der Waals surface area contributed by atoms with E-state index in [1.165, 1.54) is 5.56 Å². The molecule has 0 bridgehead atoms. The van der Waals surface area contributed by atoms with Crippen LogP contribution < -0.4 is 10.1 Å². The van der Waals surface area contributed by atoms with Crippen LogP contribution in [0.4, 0.5) is 0 Å². The molecule has 0 aliphatic rings. The van der Waals surface area contributed by atoms with Crippen molar-refractivity contribution in [2.45, 2.75) is 38.8 Å². The van der Waals surface area contributed by atoms with E-state index < -0.39 is 0 Å². The third kappa shape index (κ3) is 5.71. The van der Waals surface area contributed by atoms with E-state index >= 15 is 0 Å². The normalized spacial score (nSPS) is 14.4. The second kappa shape index (κ2) is 7.30. The molecule has 0 amide bonds. The minimum Gasteiger partial charge on any atom is -0.497 e. The summed E-state index contributed by atoms with van der Waals surface area (Å²) in [5.41, 5.74) is 1.29. The zero-order chi connectivity index (χ0) is 12.7. The molecule has 2 N–H and O–H groups in total. The minimum absolute atomic E-state index is 0.226. The number of hydrogen-bond donors (Lipinski definition) is 2. The van der Waals surface area contributed by atoms with E-state index in [0.717, 1.165) is 25.1 Å². The van der Waals surface area contributed by atoms with Gasteiger partial charge in [-0.05, 0) is 50.9 Å². The van der Waals surface area contributed by atoms with Gasteiger partial charge in [-0.1, -0.05) is 12.1 Å². The van der Waals surface area contributed by atoms with Gasteiger partial charge in [-0.3, -0.25) is 0 Å². The summed E-state index contributed by atoms with van der Waals surface area (Å²) in [6, 6.07) is 8.56. The summed E-state index contributed by atoms with van der Waals surface area (Å²) in [6.45, 7) is 4.83. The highest BCUT2D eigenvalue weighted by atomic mass is 16.5. The zero-order valence-corrected chi connectivity index (χ0v) is 10.9. The van der Waals surface area contributed by atoms with E-state index in [4.69, 9.17) is 9.84 Å². The maximum atomic E-state index is 9.16. The van der Waals surface area contributed by atoms with Gasteiger partial charge in [0.05, 0.1) is 13.2 Å². The van der Waals surface area contributed by atoms with Gasteiger partial charge in [0, 0.05) is 6.04 Å². The molecular weight excluding hydrogens is 214 g/mol. The summed E-state index contributed by atoms with van der Waals surface area (Å²) in [7, 11) is 1.68. The van der Waals surface area contributed by atoms with E-state index in [2.05, 4.69) is 24.4 Å². The molecule has 96 valence electrons. The number of rotatable bonds is 7. The molecule has 3 nitrogen and oxygen atoms in total. The molecule has 0 fully saturated rings. The van der Waals surface area contributed by atoms with Crippen LogP contribution in [0.25, 0.3) is 0 Å². The largest absolute Gasteiger partial charge is 0.497 e. The van der Waals surface area contributed by atoms with Crippen LogP contribution in [0.1, 0.15) is 25.8 Å². The maximum Gasteiger partial charge on any atom is 0.118 e. The van der Waals surface area contributed by atoms with Crippen LogP contribution in [0.15, 0.2) is 24.3 Å². The molecule has 1 aromatic carbocycles. The summed E-state index contributed by atoms with van der Waals surface area (Å²) in [6.07, 6.45) is 1.56. The maximum absolute atomic E-state index is 9.16. The first-order chi connectivity index (χ1) is 8.11. The van der Waals surface area contributed by atoms with Crippen molar-refractivity contribution in [1.82, 2.24) is 5.32 Å². The number of ether oxygens (including phenoxy) is 1. The van der Waals surface area contributed by atoms with Gasteiger partial charge in [-0.15, -0.1) is 0 Å². The molecule has 0 heterocycles. The molecule has 17 heavy (non-hydrogen) atoms. The van der Waals surface area contributed by atoms with Gasteiger partial charge in [0.1, 0.15) is 5.75 Å². The Morgan fingerprint density at radius 2 is 1.88 bits per heavy atom. The van der Waals surface area contributed by atoms with Crippen LogP contribution in [0.2, 0.25) is 0 Å². The van der Waals surface area contributed by atoms with Crippen LogP contribution in [0.5, 0.6) is 5.75 Å². The third-order valence-electron chi connectivity index (χ3n) is 2.76. The van der Waals surface area contributed by atoms with Crippen LogP contribution in [-0.2, 0) is 6.42 Å². The Morgan fingerprint density at radius 3 is 2.41 bits per heavy atom. The fourth-order valence-corrected chi connectivity index (χ4v) is 1.73. The number of hydrogen-bond acceptors (Lipinski definition) is 3. The lowest BCUT2D eigenvalue weighted by molar-refractivity contribution is 0.182. The van der Waals surface area contributed by atoms with E-state index in [1.807, 2.05) is 19.1 Å². The van der Waals surface area contributed by atoms with Crippen molar-refractivity contribution in [1.29, 1.82) is 0 Å². The molecule has 2 unspecified atom stereocenters. The summed E-state index contributed by atoms with van der Waals surface area (Å²) < 4.78 is 5.12. The lowest BCUT2D eigenvalue weighted by Gasteiger charge is -2.14. The van der Waals surface area contributed by atoms with Gasteiger partial charge < -0.3 is 15.2 Å². The van der Waals surface area contributed by atoms with Crippen LogP contribution in [0, 0.1) is 0 Å². The summed E-state index contributed by atoms with van der Waals surface area (Å²) >= 11 is 0. The summed E-state index contributed by atoms with van der Waals surface area (Å²) in [4.78, 5) is 0. The smallest absolute Gasteiger partial charge is 0.118 e. The Morgan fingerprint density at radius 1 is 1.24 bits per heavy atom. The fourth-order valence-electron chi connectivity index (χ4n) is 1.73. The molecule has 0 aliphatic heterocycles. The second-order valence-electron chi connectivity index (χ2n) is 4.55. The molecule has 0 aromatic heterocycles. The highest BCUT2D eigenvalue weighted by molar-refractivity contribution is 5.27. The van der Waals surface area contributed by atoms with Gasteiger partial charge in [0.25, 0.3) is 0 Å². The topological polar surface area (TPSA) is 41.5 Å². The predicted octanol–water partition coefficient (Wildman–Crippen LogP) is 1.99. The second-order valence-corrected chi connectivity index (χ2v) is 4.55. The number of nitrogens with one attached hydrogen (secondary N) is 1. The molecule has 0 spiro atoms. The fraction of sp³-hybridized carbons (Fsp3) is 0.571. The van der Waals surface area contributed by atoms with Crippen molar-refractivity contribution in [3.63, 3.8) is 0 Å². The average molecular weight is 237 g/mol. The predicted molar refractivity (Wildman–Crippen MR) is 70.5 cm³/mol. The molecule has 0 aliphatic carbocycles. The Balaban J connectivity index is 2.31. The number of aliphatic hydroxyl groups is 1. The minimum atomic E-state index is -0.226. The van der Waals surface area contributed by atoms with Crippen LogP contribution in [-0.4, -0.2) is 30.9 Å². The number of aliphatic hydroxyl groups excluding tert-OH is 1. The third-order valence-corrected chi connectivity index (χ3v) is 2.76. The van der Waals surface area contributed by atoms with Crippen molar-refractivity contribution in [2.75, 3.05) is 13.7 Å². The van der Waals surface area contributed by atoms with Crippen LogP contribution >= 0.6 is 0 Å². The molecule has 0 radical (unpaired) electrons. The molecule has 2 atom stereocenters. The highest BCUT2D eigenvalue weighted by Crippen LogP contribution is 2.12. The molecular formula is C14H23NO2. The van der Waals surface area contributed by atoms with Gasteiger partial charge >= 0.3 is 0 Å². The monoisotopic (exact) mass is 237 g/mol. The Hall–Kier alpha value is -1.06. The van der Waals surface area contributed by atoms with E-state index in [9.17, 15) is 0 Å².